The molecule has 1 aliphatic rings. The number of carboxylic acid groups (broad SMARTS) is 1. The number of aliphatic hydroxyl groups is 1. The summed E-state index contributed by atoms with van der Waals surface area (Å²) in [7, 11) is 0. The first kappa shape index (κ1) is 16.0. The number of benzene rings is 1. The fourth-order valence-electron chi connectivity index (χ4n) is 2.84. The fraction of sp³-hybridized carbons (Fsp3) is 0.588. The average molecular weight is 291 g/mol. The van der Waals surface area contributed by atoms with Crippen LogP contribution in [0.15, 0.2) is 24.3 Å². The Morgan fingerprint density at radius 2 is 1.95 bits per heavy atom. The van der Waals surface area contributed by atoms with Gasteiger partial charge < -0.3 is 10.2 Å². The number of carbonyl (C=O) groups is 1. The highest BCUT2D eigenvalue weighted by Gasteiger charge is 2.32. The van der Waals surface area contributed by atoms with Crippen LogP contribution < -0.4 is 0 Å². The monoisotopic (exact) mass is 291 g/mol. The van der Waals surface area contributed by atoms with Gasteiger partial charge in [0.1, 0.15) is 0 Å². The number of aryl methyl sites for hydroxylation is 1. The van der Waals surface area contributed by atoms with Crippen molar-refractivity contribution in [2.24, 2.45) is 5.92 Å². The van der Waals surface area contributed by atoms with E-state index in [1.54, 1.807) is 0 Å². The molecule has 1 aromatic rings. The Bertz CT molecular complexity index is 458. The predicted molar refractivity (Wildman–Crippen MR) is 82.1 cm³/mol. The predicted octanol–water partition coefficient (Wildman–Crippen LogP) is 2.30. The van der Waals surface area contributed by atoms with Gasteiger partial charge in [0.25, 0.3) is 0 Å². The van der Waals surface area contributed by atoms with Crippen molar-refractivity contribution in [1.29, 1.82) is 0 Å². The van der Waals surface area contributed by atoms with E-state index in [1.165, 1.54) is 24.0 Å². The molecule has 1 saturated heterocycles. The molecule has 0 aromatic heterocycles. The van der Waals surface area contributed by atoms with Gasteiger partial charge in [0, 0.05) is 19.6 Å². The molecule has 0 unspecified atom stereocenters. The van der Waals surface area contributed by atoms with Crippen molar-refractivity contribution in [3.8, 4) is 0 Å². The number of hydrogen-bond acceptors (Lipinski definition) is 3. The SMILES string of the molecule is CCCCc1ccc(CN2CC[C@@H](O)[C@@H](C(=O)O)C2)cc1. The van der Waals surface area contributed by atoms with Gasteiger partial charge in [-0.2, -0.15) is 0 Å². The first-order valence-corrected chi connectivity index (χ1v) is 7.81. The van der Waals surface area contributed by atoms with Gasteiger partial charge >= 0.3 is 5.97 Å². The molecule has 2 rings (SSSR count). The van der Waals surface area contributed by atoms with Crippen LogP contribution in [0.5, 0.6) is 0 Å². The van der Waals surface area contributed by atoms with E-state index in [9.17, 15) is 9.90 Å². The zero-order chi connectivity index (χ0) is 15.2. The zero-order valence-corrected chi connectivity index (χ0v) is 12.7. The summed E-state index contributed by atoms with van der Waals surface area (Å²) >= 11 is 0. The normalized spacial score (nSPS) is 23.1. The molecule has 0 bridgehead atoms. The lowest BCUT2D eigenvalue weighted by Gasteiger charge is -2.34. The summed E-state index contributed by atoms with van der Waals surface area (Å²) in [4.78, 5) is 13.2. The minimum atomic E-state index is -0.901. The molecule has 1 aliphatic heterocycles. The molecule has 4 nitrogen and oxygen atoms in total. The largest absolute Gasteiger partial charge is 0.481 e. The van der Waals surface area contributed by atoms with Crippen molar-refractivity contribution in [3.63, 3.8) is 0 Å². The number of aliphatic carboxylic acids is 1. The van der Waals surface area contributed by atoms with Crippen LogP contribution in [-0.2, 0) is 17.8 Å². The molecule has 1 aromatic carbocycles. The smallest absolute Gasteiger partial charge is 0.310 e. The zero-order valence-electron chi connectivity index (χ0n) is 12.7. The fourth-order valence-corrected chi connectivity index (χ4v) is 2.84. The van der Waals surface area contributed by atoms with Gasteiger partial charge in [-0.25, -0.2) is 0 Å². The van der Waals surface area contributed by atoms with Crippen molar-refractivity contribution >= 4 is 5.97 Å². The van der Waals surface area contributed by atoms with Crippen LogP contribution in [-0.4, -0.2) is 40.3 Å². The number of nitrogens with zero attached hydrogens (tertiary/aromatic N) is 1. The van der Waals surface area contributed by atoms with Gasteiger partial charge in [0.15, 0.2) is 0 Å². The van der Waals surface area contributed by atoms with Crippen LogP contribution >= 0.6 is 0 Å². The molecular weight excluding hydrogens is 266 g/mol. The second-order valence-electron chi connectivity index (χ2n) is 5.96. The van der Waals surface area contributed by atoms with Crippen LogP contribution in [0, 0.1) is 5.92 Å². The van der Waals surface area contributed by atoms with Gasteiger partial charge in [0.2, 0.25) is 0 Å². The van der Waals surface area contributed by atoms with Crippen LogP contribution in [0.25, 0.3) is 0 Å². The van der Waals surface area contributed by atoms with Crippen LogP contribution in [0.2, 0.25) is 0 Å². The van der Waals surface area contributed by atoms with Crippen molar-refractivity contribution in [3.05, 3.63) is 35.4 Å². The average Bonchev–Trinajstić information content (AvgIpc) is 2.48. The number of rotatable bonds is 6. The second kappa shape index (κ2) is 7.57. The lowest BCUT2D eigenvalue weighted by molar-refractivity contribution is -0.149. The third kappa shape index (κ3) is 4.55. The highest BCUT2D eigenvalue weighted by molar-refractivity contribution is 5.71. The summed E-state index contributed by atoms with van der Waals surface area (Å²) in [6.07, 6.45) is 3.35. The molecule has 2 atom stereocenters. The number of piperidine rings is 1. The summed E-state index contributed by atoms with van der Waals surface area (Å²) in [5, 5.41) is 18.9. The van der Waals surface area contributed by atoms with Crippen molar-refractivity contribution in [2.75, 3.05) is 13.1 Å². The van der Waals surface area contributed by atoms with Gasteiger partial charge in [-0.15, -0.1) is 0 Å². The van der Waals surface area contributed by atoms with Crippen LogP contribution in [0.4, 0.5) is 0 Å². The highest BCUT2D eigenvalue weighted by Crippen LogP contribution is 2.20. The van der Waals surface area contributed by atoms with E-state index in [-0.39, 0.29) is 0 Å². The Labute approximate surface area is 126 Å². The Kier molecular flexibility index (Phi) is 5.76. The minimum Gasteiger partial charge on any atom is -0.481 e. The number of unbranched alkanes of at least 4 members (excludes halogenated alkanes) is 1. The first-order valence-electron chi connectivity index (χ1n) is 7.81. The quantitative estimate of drug-likeness (QED) is 0.844. The Hall–Kier alpha value is -1.39. The van der Waals surface area contributed by atoms with Crippen molar-refractivity contribution in [2.45, 2.75) is 45.3 Å². The number of likely N-dealkylation sites (tertiary alicyclic amines) is 1. The van der Waals surface area contributed by atoms with Crippen molar-refractivity contribution < 1.29 is 15.0 Å². The standard InChI is InChI=1S/C17H25NO3/c1-2-3-4-13-5-7-14(8-6-13)11-18-10-9-16(19)15(12-18)17(20)21/h5-8,15-16,19H,2-4,9-12H2,1H3,(H,20,21)/t15-,16+/m0/s1. The van der Waals surface area contributed by atoms with Gasteiger partial charge in [-0.1, -0.05) is 37.6 Å². The van der Waals surface area contributed by atoms with Gasteiger partial charge in [-0.05, 0) is 30.4 Å². The van der Waals surface area contributed by atoms with E-state index < -0.39 is 18.0 Å². The van der Waals surface area contributed by atoms with Gasteiger partial charge in [0.05, 0.1) is 12.0 Å². The van der Waals surface area contributed by atoms with Gasteiger partial charge in [-0.3, -0.25) is 9.69 Å². The summed E-state index contributed by atoms with van der Waals surface area (Å²) in [6, 6.07) is 8.59. The molecule has 116 valence electrons. The van der Waals surface area contributed by atoms with Crippen LogP contribution in [0.1, 0.15) is 37.3 Å². The molecule has 0 saturated carbocycles. The summed E-state index contributed by atoms with van der Waals surface area (Å²) < 4.78 is 0. The number of aliphatic hydroxyl groups excluding tert-OH is 1. The molecule has 21 heavy (non-hydrogen) atoms. The van der Waals surface area contributed by atoms with E-state index in [2.05, 4.69) is 36.1 Å². The summed E-state index contributed by atoms with van der Waals surface area (Å²) in [5.41, 5.74) is 2.56. The van der Waals surface area contributed by atoms with E-state index in [0.717, 1.165) is 19.5 Å². The lowest BCUT2D eigenvalue weighted by atomic mass is 9.94. The van der Waals surface area contributed by atoms with E-state index >= 15 is 0 Å². The number of carboxylic acids is 1. The third-order valence-corrected chi connectivity index (χ3v) is 4.23. The molecule has 0 spiro atoms. The lowest BCUT2D eigenvalue weighted by Crippen LogP contribution is -2.46. The Morgan fingerprint density at radius 3 is 2.57 bits per heavy atom. The molecule has 2 N–H and O–H groups in total. The second-order valence-corrected chi connectivity index (χ2v) is 5.96. The molecule has 0 amide bonds. The maximum Gasteiger partial charge on any atom is 0.310 e. The number of hydrogen-bond donors (Lipinski definition) is 2. The van der Waals surface area contributed by atoms with Crippen LogP contribution in [0.3, 0.4) is 0 Å². The minimum absolute atomic E-state index is 0.425. The molecule has 4 heteroatoms. The van der Waals surface area contributed by atoms with Crippen molar-refractivity contribution in [1.82, 2.24) is 4.90 Å². The molecule has 0 aliphatic carbocycles. The molecule has 1 fully saturated rings. The van der Waals surface area contributed by atoms with E-state index in [0.29, 0.717) is 13.0 Å². The molecule has 1 heterocycles. The third-order valence-electron chi connectivity index (χ3n) is 4.23. The molecule has 0 radical (unpaired) electrons. The maximum absolute atomic E-state index is 11.1. The van der Waals surface area contributed by atoms with E-state index in [1.807, 2.05) is 0 Å². The molecular formula is C17H25NO3. The summed E-state index contributed by atoms with van der Waals surface area (Å²) in [5.74, 6) is -1.57. The Balaban J connectivity index is 1.90. The van der Waals surface area contributed by atoms with E-state index in [4.69, 9.17) is 5.11 Å². The first-order chi connectivity index (χ1) is 10.1. The topological polar surface area (TPSA) is 60.8 Å². The maximum atomic E-state index is 11.1. The summed E-state index contributed by atoms with van der Waals surface area (Å²) in [6.45, 7) is 4.12. The Morgan fingerprint density at radius 1 is 1.29 bits per heavy atom. The highest BCUT2D eigenvalue weighted by atomic mass is 16.4.